The summed E-state index contributed by atoms with van der Waals surface area (Å²) >= 11 is 0. The van der Waals surface area contributed by atoms with Crippen LogP contribution in [0.15, 0.2) is 10.6 Å². The van der Waals surface area contributed by atoms with Crippen LogP contribution >= 0.6 is 0 Å². The molecule has 1 heterocycles. The first-order chi connectivity index (χ1) is 8.86. The molecular weight excluding hydrogens is 260 g/mol. The third-order valence-corrected chi connectivity index (χ3v) is 5.45. The van der Waals surface area contributed by atoms with E-state index in [9.17, 15) is 4.79 Å². The number of carboxylic acid groups (broad SMARTS) is 1. The average molecular weight is 282 g/mol. The van der Waals surface area contributed by atoms with E-state index in [4.69, 9.17) is 9.63 Å². The van der Waals surface area contributed by atoms with Crippen molar-refractivity contribution in [3.05, 3.63) is 11.8 Å². The third kappa shape index (κ3) is 3.59. The highest BCUT2D eigenvalue weighted by molar-refractivity contribution is 6.87. The molecule has 0 unspecified atom stereocenters. The van der Waals surface area contributed by atoms with Crippen LogP contribution in [0, 0.1) is 0 Å². The Labute approximate surface area is 114 Å². The molecule has 0 spiro atoms. The molecule has 2 rings (SSSR count). The van der Waals surface area contributed by atoms with Gasteiger partial charge in [0.05, 0.1) is 5.69 Å². The van der Waals surface area contributed by atoms with Crippen molar-refractivity contribution in [3.63, 3.8) is 0 Å². The number of aromatic nitrogens is 1. The van der Waals surface area contributed by atoms with Crippen LogP contribution in [0.3, 0.4) is 0 Å². The summed E-state index contributed by atoms with van der Waals surface area (Å²) in [6, 6.07) is 2.21. The molecular formula is C13H22N2O3Si. The number of hydrogen-bond donors (Lipinski definition) is 2. The van der Waals surface area contributed by atoms with Crippen LogP contribution in [-0.2, 0) is 0 Å². The lowest BCUT2D eigenvalue weighted by Gasteiger charge is -2.26. The lowest BCUT2D eigenvalue weighted by atomic mass is 9.84. The van der Waals surface area contributed by atoms with Crippen molar-refractivity contribution in [2.24, 2.45) is 0 Å². The minimum Gasteiger partial charge on any atom is -0.465 e. The first kappa shape index (κ1) is 14.1. The summed E-state index contributed by atoms with van der Waals surface area (Å²) in [7, 11) is -1.43. The lowest BCUT2D eigenvalue weighted by Crippen LogP contribution is -2.37. The Balaban J connectivity index is 1.94. The summed E-state index contributed by atoms with van der Waals surface area (Å²) in [5, 5.41) is 16.5. The number of nitrogens with zero attached hydrogens (tertiary/aromatic N) is 1. The minimum absolute atomic E-state index is 0.0945. The average Bonchev–Trinajstić information content (AvgIpc) is 2.78. The van der Waals surface area contributed by atoms with Gasteiger partial charge in [-0.2, -0.15) is 0 Å². The smallest absolute Gasteiger partial charge is 0.404 e. The van der Waals surface area contributed by atoms with E-state index in [1.807, 2.05) is 0 Å². The highest BCUT2D eigenvalue weighted by Crippen LogP contribution is 2.31. The molecule has 0 saturated heterocycles. The van der Waals surface area contributed by atoms with E-state index in [-0.39, 0.29) is 6.04 Å². The van der Waals surface area contributed by atoms with Gasteiger partial charge in [0.1, 0.15) is 13.5 Å². The second kappa shape index (κ2) is 5.36. The largest absolute Gasteiger partial charge is 0.465 e. The molecule has 19 heavy (non-hydrogen) atoms. The number of hydrogen-bond acceptors (Lipinski definition) is 3. The molecule has 0 aliphatic heterocycles. The summed E-state index contributed by atoms with van der Waals surface area (Å²) < 4.78 is 5.48. The highest BCUT2D eigenvalue weighted by Gasteiger charge is 2.28. The van der Waals surface area contributed by atoms with Gasteiger partial charge in [-0.05, 0) is 31.7 Å². The van der Waals surface area contributed by atoms with Crippen LogP contribution in [0.25, 0.3) is 0 Å². The van der Waals surface area contributed by atoms with Gasteiger partial charge in [0.2, 0.25) is 0 Å². The molecule has 0 atom stereocenters. The van der Waals surface area contributed by atoms with Gasteiger partial charge in [0.25, 0.3) is 0 Å². The van der Waals surface area contributed by atoms with Gasteiger partial charge in [-0.15, -0.1) is 0 Å². The Morgan fingerprint density at radius 1 is 1.37 bits per heavy atom. The fourth-order valence-electron chi connectivity index (χ4n) is 2.54. The zero-order valence-electron chi connectivity index (χ0n) is 11.8. The van der Waals surface area contributed by atoms with Gasteiger partial charge in [0.15, 0.2) is 0 Å². The standard InChI is InChI=1S/C13H22N2O3Si/c1-19(2,3)12-8-11(15-18-12)9-4-6-10(7-5-9)14-13(16)17/h8-10,14H,4-7H2,1-3H3,(H,16,17)/t9-,10-. The fourth-order valence-corrected chi connectivity index (χ4v) is 3.44. The van der Waals surface area contributed by atoms with Crippen LogP contribution < -0.4 is 10.7 Å². The van der Waals surface area contributed by atoms with E-state index in [0.717, 1.165) is 36.8 Å². The molecule has 5 nitrogen and oxygen atoms in total. The normalized spacial score (nSPS) is 24.2. The number of carbonyl (C=O) groups is 1. The van der Waals surface area contributed by atoms with E-state index in [2.05, 4.69) is 36.2 Å². The van der Waals surface area contributed by atoms with Crippen molar-refractivity contribution in [1.82, 2.24) is 10.5 Å². The van der Waals surface area contributed by atoms with Crippen molar-refractivity contribution < 1.29 is 14.4 Å². The zero-order chi connectivity index (χ0) is 14.0. The molecule has 1 aliphatic carbocycles. The van der Waals surface area contributed by atoms with E-state index in [1.54, 1.807) is 0 Å². The number of amides is 1. The van der Waals surface area contributed by atoms with Crippen molar-refractivity contribution in [1.29, 1.82) is 0 Å². The SMILES string of the molecule is C[Si](C)(C)c1cc([C@H]2CC[C@H](NC(=O)O)CC2)no1. The summed E-state index contributed by atoms with van der Waals surface area (Å²) in [5.74, 6) is 0.417. The van der Waals surface area contributed by atoms with Crippen molar-refractivity contribution in [3.8, 4) is 0 Å². The maximum absolute atomic E-state index is 10.6. The number of nitrogens with one attached hydrogen (secondary N) is 1. The molecule has 0 aromatic carbocycles. The van der Waals surface area contributed by atoms with Gasteiger partial charge in [-0.1, -0.05) is 24.8 Å². The summed E-state index contributed by atoms with van der Waals surface area (Å²) in [6.07, 6.45) is 2.79. The van der Waals surface area contributed by atoms with E-state index in [1.165, 1.54) is 0 Å². The molecule has 0 bridgehead atoms. The molecule has 1 amide bonds. The van der Waals surface area contributed by atoms with Crippen LogP contribution in [0.2, 0.25) is 19.6 Å². The van der Waals surface area contributed by atoms with Crippen LogP contribution in [0.1, 0.15) is 37.3 Å². The highest BCUT2D eigenvalue weighted by atomic mass is 28.3. The minimum atomic E-state index is -1.43. The monoisotopic (exact) mass is 282 g/mol. The predicted octanol–water partition coefficient (Wildman–Crippen LogP) is 2.51. The van der Waals surface area contributed by atoms with Crippen LogP contribution in [0.4, 0.5) is 4.79 Å². The third-order valence-electron chi connectivity index (χ3n) is 3.74. The summed E-state index contributed by atoms with van der Waals surface area (Å²) in [6.45, 7) is 6.72. The molecule has 1 aromatic heterocycles. The molecule has 1 aromatic rings. The van der Waals surface area contributed by atoms with Gasteiger partial charge in [-0.25, -0.2) is 4.79 Å². The molecule has 1 fully saturated rings. The van der Waals surface area contributed by atoms with Gasteiger partial charge >= 0.3 is 6.09 Å². The second-order valence-electron chi connectivity index (χ2n) is 6.36. The quantitative estimate of drug-likeness (QED) is 0.835. The Morgan fingerprint density at radius 2 is 2.00 bits per heavy atom. The molecule has 1 saturated carbocycles. The number of rotatable bonds is 3. The van der Waals surface area contributed by atoms with Gasteiger partial charge < -0.3 is 14.9 Å². The van der Waals surface area contributed by atoms with Gasteiger partial charge in [-0.3, -0.25) is 0 Å². The maximum atomic E-state index is 10.6. The fraction of sp³-hybridized carbons (Fsp3) is 0.692. The van der Waals surface area contributed by atoms with Gasteiger partial charge in [0, 0.05) is 12.0 Å². The van der Waals surface area contributed by atoms with Crippen LogP contribution in [0.5, 0.6) is 0 Å². The van der Waals surface area contributed by atoms with E-state index >= 15 is 0 Å². The zero-order valence-corrected chi connectivity index (χ0v) is 12.8. The summed E-state index contributed by atoms with van der Waals surface area (Å²) in [4.78, 5) is 10.6. The molecule has 1 aliphatic rings. The van der Waals surface area contributed by atoms with Crippen molar-refractivity contribution in [2.75, 3.05) is 0 Å². The Kier molecular flexibility index (Phi) is 3.98. The predicted molar refractivity (Wildman–Crippen MR) is 75.6 cm³/mol. The first-order valence-electron chi connectivity index (χ1n) is 6.83. The molecule has 0 radical (unpaired) electrons. The maximum Gasteiger partial charge on any atom is 0.404 e. The summed E-state index contributed by atoms with van der Waals surface area (Å²) in [5.41, 5.74) is 1.05. The molecule has 106 valence electrons. The Hall–Kier alpha value is -1.30. The second-order valence-corrected chi connectivity index (χ2v) is 11.4. The molecule has 2 N–H and O–H groups in total. The topological polar surface area (TPSA) is 75.4 Å². The van der Waals surface area contributed by atoms with Crippen molar-refractivity contribution >= 4 is 19.6 Å². The first-order valence-corrected chi connectivity index (χ1v) is 10.3. The van der Waals surface area contributed by atoms with Crippen LogP contribution in [-0.4, -0.2) is 30.5 Å². The Morgan fingerprint density at radius 3 is 2.47 bits per heavy atom. The molecule has 6 heteroatoms. The lowest BCUT2D eigenvalue weighted by molar-refractivity contribution is 0.184. The Bertz CT molecular complexity index is 445. The van der Waals surface area contributed by atoms with E-state index < -0.39 is 14.2 Å². The van der Waals surface area contributed by atoms with Crippen molar-refractivity contribution in [2.45, 2.75) is 57.3 Å². The van der Waals surface area contributed by atoms with E-state index in [0.29, 0.717) is 5.92 Å².